The minimum Gasteiger partial charge on any atom is -0.358 e. The molecular weight excluding hydrogens is 610 g/mol. The van der Waals surface area contributed by atoms with Crippen LogP contribution in [0.4, 0.5) is 8.78 Å². The van der Waals surface area contributed by atoms with Crippen LogP contribution in [0.2, 0.25) is 0 Å². The van der Waals surface area contributed by atoms with Gasteiger partial charge in [-0.2, -0.15) is 8.78 Å². The number of benzene rings is 1. The molecular formula is C21H19Br3F2O3S. The molecule has 3 nitrogen and oxygen atoms in total. The van der Waals surface area contributed by atoms with Crippen molar-refractivity contribution in [3.63, 3.8) is 0 Å². The lowest BCUT2D eigenvalue weighted by molar-refractivity contribution is 0.151. The molecule has 3 aliphatic carbocycles. The molecule has 0 bridgehead atoms. The number of hydrogen-bond donors (Lipinski definition) is 0. The first-order chi connectivity index (χ1) is 14.0. The predicted molar refractivity (Wildman–Crippen MR) is 124 cm³/mol. The number of rotatable bonds is 5. The molecule has 1 spiro atoms. The second-order valence-corrected chi connectivity index (χ2v) is 12.8. The van der Waals surface area contributed by atoms with Gasteiger partial charge >= 0.3 is 5.76 Å². The summed E-state index contributed by atoms with van der Waals surface area (Å²) in [4.78, 5) is -0.354. The normalized spacial score (nSPS) is 28.2. The van der Waals surface area contributed by atoms with Gasteiger partial charge in [-0.1, -0.05) is 55.6 Å². The predicted octanol–water partition coefficient (Wildman–Crippen LogP) is 6.94. The molecule has 30 heavy (non-hydrogen) atoms. The SMILES string of the molecule is COC1(Br)C=CC(C2=C(c3ccc(S(=O)(=O)C(F)F)cc3)CC3(CC3)C2)C(Br)=C1Br. The van der Waals surface area contributed by atoms with Crippen LogP contribution < -0.4 is 0 Å². The van der Waals surface area contributed by atoms with Gasteiger partial charge in [0, 0.05) is 17.5 Å². The van der Waals surface area contributed by atoms with Crippen LogP contribution in [0.15, 0.2) is 55.9 Å². The van der Waals surface area contributed by atoms with Gasteiger partial charge in [0.2, 0.25) is 9.84 Å². The van der Waals surface area contributed by atoms with Gasteiger partial charge in [-0.25, -0.2) is 8.42 Å². The molecule has 2 unspecified atom stereocenters. The van der Waals surface area contributed by atoms with Gasteiger partial charge in [-0.15, -0.1) is 0 Å². The third-order valence-electron chi connectivity index (χ3n) is 6.19. The molecule has 4 rings (SSSR count). The molecule has 0 aromatic heterocycles. The van der Waals surface area contributed by atoms with Crippen LogP contribution in [-0.2, 0) is 14.6 Å². The molecule has 1 aromatic carbocycles. The Kier molecular flexibility index (Phi) is 6.01. The molecule has 0 N–H and O–H groups in total. The van der Waals surface area contributed by atoms with Crippen LogP contribution in [0.1, 0.15) is 31.2 Å². The number of hydrogen-bond acceptors (Lipinski definition) is 3. The maximum Gasteiger partial charge on any atom is 0.341 e. The Labute approximate surface area is 199 Å². The molecule has 2 atom stereocenters. The van der Waals surface area contributed by atoms with E-state index in [0.29, 0.717) is 0 Å². The van der Waals surface area contributed by atoms with E-state index in [1.807, 2.05) is 6.08 Å². The van der Waals surface area contributed by atoms with E-state index in [-0.39, 0.29) is 16.2 Å². The fraction of sp³-hybridized carbons (Fsp3) is 0.429. The van der Waals surface area contributed by atoms with Crippen molar-refractivity contribution >= 4 is 63.2 Å². The zero-order valence-electron chi connectivity index (χ0n) is 16.0. The van der Waals surface area contributed by atoms with Crippen molar-refractivity contribution in [3.8, 4) is 0 Å². The lowest BCUT2D eigenvalue weighted by atomic mass is 9.88. The summed E-state index contributed by atoms with van der Waals surface area (Å²) < 4.78 is 55.9. The highest BCUT2D eigenvalue weighted by Crippen LogP contribution is 2.64. The summed E-state index contributed by atoms with van der Waals surface area (Å²) in [5.41, 5.74) is 3.59. The second-order valence-electron chi connectivity index (χ2n) is 8.04. The summed E-state index contributed by atoms with van der Waals surface area (Å²) in [5, 5.41) is 0. The van der Waals surface area contributed by atoms with Crippen molar-refractivity contribution in [3.05, 3.63) is 56.5 Å². The Morgan fingerprint density at radius 3 is 2.30 bits per heavy atom. The second kappa shape index (κ2) is 7.90. The van der Waals surface area contributed by atoms with E-state index in [1.54, 1.807) is 19.2 Å². The van der Waals surface area contributed by atoms with Crippen LogP contribution in [0.5, 0.6) is 0 Å². The first-order valence-electron chi connectivity index (χ1n) is 9.36. The maximum absolute atomic E-state index is 12.9. The molecule has 0 amide bonds. The number of alkyl halides is 3. The molecule has 3 aliphatic rings. The third kappa shape index (κ3) is 3.83. The van der Waals surface area contributed by atoms with Crippen molar-refractivity contribution in [1.82, 2.24) is 0 Å². The quantitative estimate of drug-likeness (QED) is 0.262. The number of methoxy groups -OCH3 is 1. The molecule has 0 saturated heterocycles. The van der Waals surface area contributed by atoms with Gasteiger partial charge in [-0.3, -0.25) is 0 Å². The van der Waals surface area contributed by atoms with Gasteiger partial charge in [0.15, 0.2) is 4.51 Å². The van der Waals surface area contributed by atoms with Crippen molar-refractivity contribution in [2.75, 3.05) is 7.11 Å². The first kappa shape index (κ1) is 22.8. The minimum absolute atomic E-state index is 0.0275. The number of sulfone groups is 1. The number of allylic oxidation sites excluding steroid dienone is 4. The highest BCUT2D eigenvalue weighted by Gasteiger charge is 2.50. The van der Waals surface area contributed by atoms with Crippen LogP contribution >= 0.6 is 47.8 Å². The molecule has 1 saturated carbocycles. The fourth-order valence-corrected chi connectivity index (χ4v) is 6.85. The molecule has 0 aliphatic heterocycles. The Hall–Kier alpha value is -0.350. The van der Waals surface area contributed by atoms with E-state index < -0.39 is 20.1 Å². The molecule has 9 heteroatoms. The van der Waals surface area contributed by atoms with Crippen molar-refractivity contribution < 1.29 is 21.9 Å². The Morgan fingerprint density at radius 2 is 1.77 bits per heavy atom. The summed E-state index contributed by atoms with van der Waals surface area (Å²) in [5.74, 6) is -3.39. The molecule has 1 fully saturated rings. The fourth-order valence-electron chi connectivity index (χ4n) is 4.23. The first-order valence-corrected chi connectivity index (χ1v) is 13.3. The van der Waals surface area contributed by atoms with Crippen molar-refractivity contribution in [1.29, 1.82) is 0 Å². The zero-order chi connectivity index (χ0) is 21.9. The standard InChI is InChI=1S/C21H19Br3F2O3S/c1-29-21(24)7-6-14(17(22)18(21)23)16-11-20(8-9-20)10-15(16)12-2-4-13(5-3-12)30(27,28)19(25)26/h2-7,14,19H,8-11H2,1H3. The third-order valence-corrected chi connectivity index (χ3v) is 11.5. The minimum atomic E-state index is -4.59. The van der Waals surface area contributed by atoms with Crippen LogP contribution in [0.25, 0.3) is 5.57 Å². The van der Waals surface area contributed by atoms with Crippen molar-refractivity contribution in [2.24, 2.45) is 11.3 Å². The average Bonchev–Trinajstić information content (AvgIpc) is 3.37. The van der Waals surface area contributed by atoms with E-state index >= 15 is 0 Å². The van der Waals surface area contributed by atoms with E-state index in [2.05, 4.69) is 53.9 Å². The monoisotopic (exact) mass is 626 g/mol. The summed E-state index contributed by atoms with van der Waals surface area (Å²) in [6.45, 7) is 0. The highest BCUT2D eigenvalue weighted by atomic mass is 79.9. The maximum atomic E-state index is 12.9. The summed E-state index contributed by atoms with van der Waals surface area (Å²) >= 11 is 11.0. The number of halogens is 5. The summed E-state index contributed by atoms with van der Waals surface area (Å²) in [7, 11) is -2.97. The lowest BCUT2D eigenvalue weighted by Gasteiger charge is -2.31. The van der Waals surface area contributed by atoms with Gasteiger partial charge in [-0.05, 0) is 76.4 Å². The highest BCUT2D eigenvalue weighted by molar-refractivity contribution is 9.15. The molecule has 0 heterocycles. The van der Waals surface area contributed by atoms with Crippen LogP contribution in [0, 0.1) is 11.3 Å². The van der Waals surface area contributed by atoms with Crippen LogP contribution in [-0.4, -0.2) is 25.8 Å². The largest absolute Gasteiger partial charge is 0.358 e. The zero-order valence-corrected chi connectivity index (χ0v) is 21.5. The Bertz CT molecular complexity index is 1070. The van der Waals surface area contributed by atoms with Gasteiger partial charge in [0.1, 0.15) is 0 Å². The van der Waals surface area contributed by atoms with Gasteiger partial charge < -0.3 is 4.74 Å². The van der Waals surface area contributed by atoms with E-state index in [1.165, 1.54) is 23.3 Å². The molecule has 1 aromatic rings. The smallest absolute Gasteiger partial charge is 0.341 e. The van der Waals surface area contributed by atoms with E-state index in [4.69, 9.17) is 4.74 Å². The van der Waals surface area contributed by atoms with E-state index in [0.717, 1.165) is 40.2 Å². The molecule has 162 valence electrons. The number of ether oxygens (including phenoxy) is 1. The topological polar surface area (TPSA) is 43.4 Å². The molecule has 0 radical (unpaired) electrons. The Balaban J connectivity index is 1.74. The van der Waals surface area contributed by atoms with E-state index in [9.17, 15) is 17.2 Å². The summed E-state index contributed by atoms with van der Waals surface area (Å²) in [6, 6.07) is 5.86. The summed E-state index contributed by atoms with van der Waals surface area (Å²) in [6.07, 6.45) is 8.27. The van der Waals surface area contributed by atoms with Gasteiger partial charge in [0.05, 0.1) is 9.38 Å². The van der Waals surface area contributed by atoms with Gasteiger partial charge in [0.25, 0.3) is 0 Å². The average molecular weight is 629 g/mol. The van der Waals surface area contributed by atoms with Crippen molar-refractivity contribution in [2.45, 2.75) is 40.8 Å². The van der Waals surface area contributed by atoms with Crippen LogP contribution in [0.3, 0.4) is 0 Å². The Morgan fingerprint density at radius 1 is 1.13 bits per heavy atom. The lowest BCUT2D eigenvalue weighted by Crippen LogP contribution is -2.26.